The zero-order valence-electron chi connectivity index (χ0n) is 11.8. The van der Waals surface area contributed by atoms with Crippen molar-refractivity contribution in [3.8, 4) is 10.7 Å². The highest BCUT2D eigenvalue weighted by Crippen LogP contribution is 2.37. The minimum absolute atomic E-state index is 0.155. The van der Waals surface area contributed by atoms with Gasteiger partial charge in [0.15, 0.2) is 10.6 Å². The van der Waals surface area contributed by atoms with Crippen LogP contribution >= 0.6 is 23.6 Å². The fraction of sp³-hybridized carbons (Fsp3) is 0.615. The first kappa shape index (κ1) is 13.9. The van der Waals surface area contributed by atoms with Crippen molar-refractivity contribution in [3.63, 3.8) is 0 Å². The van der Waals surface area contributed by atoms with Gasteiger partial charge in [0, 0.05) is 12.6 Å². The number of ether oxygens (including phenoxy) is 1. The highest BCUT2D eigenvalue weighted by atomic mass is 32.1. The molecule has 0 spiro atoms. The molecule has 1 saturated heterocycles. The van der Waals surface area contributed by atoms with Gasteiger partial charge in [-0.2, -0.15) is 5.10 Å². The molecule has 1 aliphatic rings. The van der Waals surface area contributed by atoms with Crippen LogP contribution in [0.3, 0.4) is 0 Å². The van der Waals surface area contributed by atoms with Crippen LogP contribution in [0.2, 0.25) is 0 Å². The number of aromatic nitrogens is 4. The summed E-state index contributed by atoms with van der Waals surface area (Å²) in [6.07, 6.45) is 2.33. The first-order valence-electron chi connectivity index (χ1n) is 6.84. The van der Waals surface area contributed by atoms with Crippen LogP contribution in [0.15, 0.2) is 0 Å². The van der Waals surface area contributed by atoms with E-state index in [0.29, 0.717) is 4.77 Å². The number of rotatable bonds is 3. The Labute approximate surface area is 127 Å². The molecular formula is C13H18N4OS2. The maximum absolute atomic E-state index is 5.72. The Morgan fingerprint density at radius 1 is 1.50 bits per heavy atom. The Morgan fingerprint density at radius 3 is 2.95 bits per heavy atom. The third-order valence-electron chi connectivity index (χ3n) is 3.44. The van der Waals surface area contributed by atoms with Crippen molar-refractivity contribution in [2.75, 3.05) is 6.61 Å². The molecule has 108 valence electrons. The number of nitrogens with zero attached hydrogens (tertiary/aromatic N) is 3. The van der Waals surface area contributed by atoms with Crippen LogP contribution in [0.25, 0.3) is 10.7 Å². The molecule has 3 rings (SSSR count). The summed E-state index contributed by atoms with van der Waals surface area (Å²) in [5.74, 6) is 0.879. The topological polar surface area (TPSA) is 55.7 Å². The molecule has 3 heterocycles. The zero-order valence-corrected chi connectivity index (χ0v) is 13.5. The van der Waals surface area contributed by atoms with Gasteiger partial charge in [0.2, 0.25) is 0 Å². The van der Waals surface area contributed by atoms with E-state index in [-0.39, 0.29) is 12.1 Å². The van der Waals surface area contributed by atoms with Crippen LogP contribution in [-0.4, -0.2) is 26.4 Å². The van der Waals surface area contributed by atoms with Crippen LogP contribution in [0.4, 0.5) is 0 Å². The summed E-state index contributed by atoms with van der Waals surface area (Å²) in [6, 6.07) is 0.268. The third-order valence-corrected chi connectivity index (χ3v) is 4.98. The van der Waals surface area contributed by atoms with E-state index in [1.165, 1.54) is 0 Å². The monoisotopic (exact) mass is 310 g/mol. The first-order valence-corrected chi connectivity index (χ1v) is 8.06. The van der Waals surface area contributed by atoms with E-state index in [4.69, 9.17) is 17.0 Å². The van der Waals surface area contributed by atoms with E-state index in [0.717, 1.165) is 40.9 Å². The summed E-state index contributed by atoms with van der Waals surface area (Å²) < 4.78 is 8.41. The summed E-state index contributed by atoms with van der Waals surface area (Å²) in [4.78, 5) is 5.75. The normalized spacial score (nSPS) is 19.1. The summed E-state index contributed by atoms with van der Waals surface area (Å²) in [7, 11) is 0. The number of hydrogen-bond acceptors (Lipinski definition) is 5. The fourth-order valence-corrected chi connectivity index (χ4v) is 3.96. The zero-order chi connectivity index (χ0) is 14.3. The van der Waals surface area contributed by atoms with E-state index in [2.05, 4.69) is 29.0 Å². The minimum Gasteiger partial charge on any atom is -0.371 e. The van der Waals surface area contributed by atoms with Gasteiger partial charge in [-0.25, -0.2) is 4.98 Å². The maximum atomic E-state index is 5.72. The Hall–Kier alpha value is -1.05. The number of H-pyrrole nitrogens is 1. The lowest BCUT2D eigenvalue weighted by Gasteiger charge is -2.09. The van der Waals surface area contributed by atoms with Crippen molar-refractivity contribution >= 4 is 23.6 Å². The molecule has 0 aromatic carbocycles. The minimum atomic E-state index is 0.155. The molecule has 0 amide bonds. The second kappa shape index (κ2) is 5.38. The maximum Gasteiger partial charge on any atom is 0.195 e. The number of thiazole rings is 1. The number of aryl methyl sites for hydroxylation is 1. The molecule has 2 aromatic heterocycles. The van der Waals surface area contributed by atoms with Crippen LogP contribution in [0.5, 0.6) is 0 Å². The Balaban J connectivity index is 2.04. The predicted octanol–water partition coefficient (Wildman–Crippen LogP) is 3.81. The molecule has 1 atom stereocenters. The van der Waals surface area contributed by atoms with E-state index >= 15 is 0 Å². The summed E-state index contributed by atoms with van der Waals surface area (Å²) in [5.41, 5.74) is 0.997. The average molecular weight is 310 g/mol. The number of aromatic amines is 1. The van der Waals surface area contributed by atoms with E-state index in [1.807, 2.05) is 11.5 Å². The highest BCUT2D eigenvalue weighted by molar-refractivity contribution is 7.71. The first-order chi connectivity index (χ1) is 9.58. The molecule has 1 aliphatic heterocycles. The van der Waals surface area contributed by atoms with Crippen molar-refractivity contribution in [1.29, 1.82) is 0 Å². The molecular weight excluding hydrogens is 292 g/mol. The van der Waals surface area contributed by atoms with Crippen LogP contribution in [-0.2, 0) is 4.74 Å². The summed E-state index contributed by atoms with van der Waals surface area (Å²) >= 11 is 6.98. The largest absolute Gasteiger partial charge is 0.371 e. The van der Waals surface area contributed by atoms with Crippen LogP contribution < -0.4 is 0 Å². The Kier molecular flexibility index (Phi) is 3.74. The van der Waals surface area contributed by atoms with Crippen LogP contribution in [0, 0.1) is 11.7 Å². The lowest BCUT2D eigenvalue weighted by molar-refractivity contribution is 0.111. The Morgan fingerprint density at radius 2 is 2.30 bits per heavy atom. The molecule has 7 heteroatoms. The van der Waals surface area contributed by atoms with Crippen molar-refractivity contribution in [3.05, 3.63) is 15.5 Å². The molecule has 5 nitrogen and oxygen atoms in total. The molecule has 1 fully saturated rings. The molecule has 1 unspecified atom stereocenters. The predicted molar refractivity (Wildman–Crippen MR) is 81.6 cm³/mol. The third kappa shape index (κ3) is 2.34. The molecule has 0 bridgehead atoms. The second-order valence-electron chi connectivity index (χ2n) is 5.28. The van der Waals surface area contributed by atoms with Crippen LogP contribution in [0.1, 0.15) is 49.5 Å². The SMILES string of the molecule is Cc1nc(C2CCCO2)sc1-c1n[nH]c(=S)n1C(C)C. The van der Waals surface area contributed by atoms with Gasteiger partial charge in [0.05, 0.1) is 10.6 Å². The Bertz CT molecular complexity index is 664. The van der Waals surface area contributed by atoms with E-state index in [9.17, 15) is 0 Å². The van der Waals surface area contributed by atoms with Gasteiger partial charge in [-0.1, -0.05) is 0 Å². The number of hydrogen-bond donors (Lipinski definition) is 1. The van der Waals surface area contributed by atoms with Gasteiger partial charge >= 0.3 is 0 Å². The van der Waals surface area contributed by atoms with Crippen molar-refractivity contribution in [2.45, 2.75) is 45.8 Å². The molecule has 2 aromatic rings. The van der Waals surface area contributed by atoms with E-state index < -0.39 is 0 Å². The molecule has 0 saturated carbocycles. The lowest BCUT2D eigenvalue weighted by atomic mass is 10.2. The standard InChI is InChI=1S/C13H18N4OS2/c1-7(2)17-11(15-16-13(17)19)10-8(3)14-12(20-10)9-5-4-6-18-9/h7,9H,4-6H2,1-3H3,(H,16,19). The average Bonchev–Trinajstić information content (AvgIpc) is 3.07. The summed E-state index contributed by atoms with van der Waals surface area (Å²) in [5, 5.41) is 8.32. The van der Waals surface area contributed by atoms with Gasteiger partial charge in [-0.3, -0.25) is 9.67 Å². The molecule has 0 aliphatic carbocycles. The smallest absolute Gasteiger partial charge is 0.195 e. The second-order valence-corrected chi connectivity index (χ2v) is 6.70. The fourth-order valence-electron chi connectivity index (χ4n) is 2.48. The van der Waals surface area contributed by atoms with Crippen molar-refractivity contribution in [1.82, 2.24) is 19.7 Å². The van der Waals surface area contributed by atoms with Crippen molar-refractivity contribution in [2.24, 2.45) is 0 Å². The highest BCUT2D eigenvalue weighted by Gasteiger charge is 2.24. The van der Waals surface area contributed by atoms with Gasteiger partial charge in [0.1, 0.15) is 11.1 Å². The van der Waals surface area contributed by atoms with Gasteiger partial charge in [-0.15, -0.1) is 11.3 Å². The lowest BCUT2D eigenvalue weighted by Crippen LogP contribution is -2.03. The van der Waals surface area contributed by atoms with Gasteiger partial charge < -0.3 is 4.74 Å². The van der Waals surface area contributed by atoms with Gasteiger partial charge in [0.25, 0.3) is 0 Å². The molecule has 20 heavy (non-hydrogen) atoms. The van der Waals surface area contributed by atoms with Crippen molar-refractivity contribution < 1.29 is 4.74 Å². The van der Waals surface area contributed by atoms with E-state index in [1.54, 1.807) is 11.3 Å². The number of nitrogens with one attached hydrogen (secondary N) is 1. The quantitative estimate of drug-likeness (QED) is 0.876. The van der Waals surface area contributed by atoms with Gasteiger partial charge in [-0.05, 0) is 45.8 Å². The molecule has 1 N–H and O–H groups in total. The summed E-state index contributed by atoms with van der Waals surface area (Å²) in [6.45, 7) is 7.06. The molecule has 0 radical (unpaired) electrons.